The normalized spacial score (nSPS) is 27.2. The fourth-order valence-electron chi connectivity index (χ4n) is 3.70. The molecule has 0 amide bonds. The third-order valence-corrected chi connectivity index (χ3v) is 6.13. The standard InChI is InChI=1S/C20H24F4N2O3S/c1-18(2,3)29-17(27)8-16-26-19(13-7-12(25)4-5-14(13)21)10-28-15(20(22,23)24)6-11(19)9-30-16/h4-5,7,11,15H,6,8-10,25H2,1-3H3/t11-,15+,19-/m0/s1. The second-order valence-corrected chi connectivity index (χ2v) is 9.61. The Kier molecular flexibility index (Phi) is 6.12. The summed E-state index contributed by atoms with van der Waals surface area (Å²) in [6, 6.07) is 3.91. The zero-order chi connectivity index (χ0) is 22.3. The summed E-state index contributed by atoms with van der Waals surface area (Å²) < 4.78 is 65.0. The van der Waals surface area contributed by atoms with Crippen molar-refractivity contribution in [2.75, 3.05) is 18.1 Å². The molecule has 0 radical (unpaired) electrons. The molecule has 2 N–H and O–H groups in total. The van der Waals surface area contributed by atoms with Crippen LogP contribution in [0.3, 0.4) is 0 Å². The number of ether oxygens (including phenoxy) is 2. The maximum absolute atomic E-state index is 14.8. The maximum Gasteiger partial charge on any atom is 0.414 e. The number of carbonyl (C=O) groups is 1. The zero-order valence-corrected chi connectivity index (χ0v) is 17.7. The summed E-state index contributed by atoms with van der Waals surface area (Å²) in [6.07, 6.45) is -6.97. The van der Waals surface area contributed by atoms with Crippen molar-refractivity contribution in [2.24, 2.45) is 10.9 Å². The monoisotopic (exact) mass is 448 g/mol. The average molecular weight is 448 g/mol. The van der Waals surface area contributed by atoms with E-state index < -0.39 is 47.7 Å². The van der Waals surface area contributed by atoms with Gasteiger partial charge < -0.3 is 15.2 Å². The van der Waals surface area contributed by atoms with E-state index in [4.69, 9.17) is 15.2 Å². The zero-order valence-electron chi connectivity index (χ0n) is 16.9. The van der Waals surface area contributed by atoms with E-state index in [0.29, 0.717) is 5.04 Å². The first-order chi connectivity index (χ1) is 13.8. The molecule has 30 heavy (non-hydrogen) atoms. The molecule has 3 atom stereocenters. The Morgan fingerprint density at radius 3 is 2.70 bits per heavy atom. The van der Waals surface area contributed by atoms with Gasteiger partial charge in [0.1, 0.15) is 17.0 Å². The number of halogens is 4. The largest absolute Gasteiger partial charge is 0.460 e. The maximum atomic E-state index is 14.8. The van der Waals surface area contributed by atoms with Crippen LogP contribution in [0.5, 0.6) is 0 Å². The first kappa shape index (κ1) is 22.9. The number of fused-ring (bicyclic) bond motifs is 1. The molecule has 0 bridgehead atoms. The lowest BCUT2D eigenvalue weighted by molar-refractivity contribution is -0.245. The Labute approximate surface area is 176 Å². The van der Waals surface area contributed by atoms with Crippen LogP contribution in [-0.2, 0) is 19.8 Å². The van der Waals surface area contributed by atoms with E-state index in [-0.39, 0.29) is 29.8 Å². The molecule has 0 unspecified atom stereocenters. The molecule has 1 aromatic rings. The van der Waals surface area contributed by atoms with Crippen LogP contribution in [0.2, 0.25) is 0 Å². The van der Waals surface area contributed by atoms with Gasteiger partial charge in [-0.05, 0) is 45.4 Å². The molecule has 0 spiro atoms. The molecular formula is C20H24F4N2O3S. The summed E-state index contributed by atoms with van der Waals surface area (Å²) in [6.45, 7) is 4.73. The van der Waals surface area contributed by atoms with E-state index in [1.807, 2.05) is 0 Å². The van der Waals surface area contributed by atoms with Crippen molar-refractivity contribution in [2.45, 2.75) is 57.0 Å². The number of rotatable bonds is 3. The summed E-state index contributed by atoms with van der Waals surface area (Å²) in [7, 11) is 0. The molecular weight excluding hydrogens is 424 g/mol. The fourth-order valence-corrected chi connectivity index (χ4v) is 4.95. The van der Waals surface area contributed by atoms with E-state index in [0.717, 1.165) is 6.07 Å². The molecule has 1 saturated heterocycles. The minimum Gasteiger partial charge on any atom is -0.460 e. The van der Waals surface area contributed by atoms with E-state index in [2.05, 4.69) is 4.99 Å². The number of nitrogens with zero attached hydrogens (tertiary/aromatic N) is 1. The number of nitrogen functional groups attached to an aromatic ring is 1. The number of esters is 1. The van der Waals surface area contributed by atoms with Crippen molar-refractivity contribution in [3.05, 3.63) is 29.6 Å². The lowest BCUT2D eigenvalue weighted by Gasteiger charge is -2.47. The van der Waals surface area contributed by atoms with Crippen LogP contribution in [0.4, 0.5) is 23.2 Å². The topological polar surface area (TPSA) is 73.9 Å². The minimum atomic E-state index is -4.52. The van der Waals surface area contributed by atoms with E-state index in [1.165, 1.54) is 23.9 Å². The van der Waals surface area contributed by atoms with Gasteiger partial charge in [-0.25, -0.2) is 4.39 Å². The first-order valence-electron chi connectivity index (χ1n) is 9.47. The van der Waals surface area contributed by atoms with Gasteiger partial charge in [0.2, 0.25) is 0 Å². The smallest absolute Gasteiger partial charge is 0.414 e. The highest BCUT2D eigenvalue weighted by molar-refractivity contribution is 8.14. The van der Waals surface area contributed by atoms with Gasteiger partial charge in [0, 0.05) is 22.9 Å². The van der Waals surface area contributed by atoms with Crippen molar-refractivity contribution in [3.63, 3.8) is 0 Å². The highest BCUT2D eigenvalue weighted by atomic mass is 32.2. The van der Waals surface area contributed by atoms with E-state index in [1.54, 1.807) is 20.8 Å². The predicted molar refractivity (Wildman–Crippen MR) is 107 cm³/mol. The predicted octanol–water partition coefficient (Wildman–Crippen LogP) is 4.45. The lowest BCUT2D eigenvalue weighted by atomic mass is 9.74. The van der Waals surface area contributed by atoms with Crippen LogP contribution >= 0.6 is 11.8 Å². The average Bonchev–Trinajstić information content (AvgIpc) is 2.60. The fraction of sp³-hybridized carbons (Fsp3) is 0.600. The van der Waals surface area contributed by atoms with Gasteiger partial charge in [-0.15, -0.1) is 11.8 Å². The number of hydrogen-bond acceptors (Lipinski definition) is 6. The summed E-state index contributed by atoms with van der Waals surface area (Å²) in [5.41, 5.74) is 4.09. The van der Waals surface area contributed by atoms with Gasteiger partial charge in [0.15, 0.2) is 6.10 Å². The van der Waals surface area contributed by atoms with Gasteiger partial charge in [-0.2, -0.15) is 13.2 Å². The number of thioether (sulfide) groups is 1. The summed E-state index contributed by atoms with van der Waals surface area (Å²) in [5, 5.41) is 0.372. The highest BCUT2D eigenvalue weighted by Gasteiger charge is 2.55. The van der Waals surface area contributed by atoms with Crippen molar-refractivity contribution < 1.29 is 31.8 Å². The van der Waals surface area contributed by atoms with Crippen LogP contribution in [0.25, 0.3) is 0 Å². The number of aliphatic imine (C=N–C) groups is 1. The van der Waals surface area contributed by atoms with E-state index >= 15 is 0 Å². The Balaban J connectivity index is 1.99. The number of anilines is 1. The summed E-state index contributed by atoms with van der Waals surface area (Å²) in [4.78, 5) is 16.8. The lowest BCUT2D eigenvalue weighted by Crippen LogP contribution is -2.53. The molecule has 3 rings (SSSR count). The first-order valence-corrected chi connectivity index (χ1v) is 10.5. The van der Waals surface area contributed by atoms with Gasteiger partial charge in [0.05, 0.1) is 18.1 Å². The Hall–Kier alpha value is -1.81. The SMILES string of the molecule is CC(C)(C)OC(=O)CC1=N[C@@]2(c3cc(N)ccc3F)CO[C@@H](C(F)(F)F)C[C@H]2CS1. The van der Waals surface area contributed by atoms with Crippen LogP contribution in [0.15, 0.2) is 23.2 Å². The van der Waals surface area contributed by atoms with Crippen molar-refractivity contribution >= 4 is 28.5 Å². The van der Waals surface area contributed by atoms with Crippen molar-refractivity contribution in [1.82, 2.24) is 0 Å². The Bertz CT molecular complexity index is 853. The van der Waals surface area contributed by atoms with Gasteiger partial charge in [-0.1, -0.05) is 0 Å². The van der Waals surface area contributed by atoms with Crippen molar-refractivity contribution in [3.8, 4) is 0 Å². The summed E-state index contributed by atoms with van der Waals surface area (Å²) >= 11 is 1.19. The number of hydrogen-bond donors (Lipinski definition) is 1. The van der Waals surface area contributed by atoms with Gasteiger partial charge in [0.25, 0.3) is 0 Å². The van der Waals surface area contributed by atoms with Gasteiger partial charge >= 0.3 is 12.1 Å². The van der Waals surface area contributed by atoms with Crippen LogP contribution in [0, 0.1) is 11.7 Å². The molecule has 2 heterocycles. The number of benzene rings is 1. The number of alkyl halides is 3. The van der Waals surface area contributed by atoms with Crippen LogP contribution in [0.1, 0.15) is 39.2 Å². The molecule has 166 valence electrons. The molecule has 0 aromatic heterocycles. The van der Waals surface area contributed by atoms with Crippen LogP contribution < -0.4 is 5.73 Å². The minimum absolute atomic E-state index is 0.0788. The number of nitrogens with two attached hydrogens (primary N) is 1. The third-order valence-electron chi connectivity index (χ3n) is 4.99. The van der Waals surface area contributed by atoms with Crippen molar-refractivity contribution in [1.29, 1.82) is 0 Å². The molecule has 10 heteroatoms. The Morgan fingerprint density at radius 1 is 1.37 bits per heavy atom. The Morgan fingerprint density at radius 2 is 2.07 bits per heavy atom. The second kappa shape index (κ2) is 8.03. The van der Waals surface area contributed by atoms with E-state index in [9.17, 15) is 22.4 Å². The summed E-state index contributed by atoms with van der Waals surface area (Å²) in [5.74, 6) is -1.54. The van der Waals surface area contributed by atoms with Gasteiger partial charge in [-0.3, -0.25) is 9.79 Å². The molecule has 2 aliphatic heterocycles. The number of carbonyl (C=O) groups excluding carboxylic acids is 1. The molecule has 2 aliphatic rings. The molecule has 0 aliphatic carbocycles. The molecule has 0 saturated carbocycles. The molecule has 1 aromatic carbocycles. The quantitative estimate of drug-likeness (QED) is 0.420. The highest BCUT2D eigenvalue weighted by Crippen LogP contribution is 2.49. The van der Waals surface area contributed by atoms with Crippen LogP contribution in [-0.4, -0.2) is 41.3 Å². The third kappa shape index (κ3) is 4.91. The molecule has 1 fully saturated rings. The second-order valence-electron chi connectivity index (χ2n) is 8.52. The molecule has 5 nitrogen and oxygen atoms in total.